The summed E-state index contributed by atoms with van der Waals surface area (Å²) in [7, 11) is 0. The first-order chi connectivity index (χ1) is 7.42. The first kappa shape index (κ1) is 16.5. The number of carbonyl (C=O) groups is 1. The van der Waals surface area contributed by atoms with Crippen molar-refractivity contribution in [2.75, 3.05) is 19.6 Å². The molecule has 1 amide bonds. The van der Waals surface area contributed by atoms with Crippen LogP contribution in [0, 0.1) is 5.92 Å². The fraction of sp³-hybridized carbons (Fsp3) is 0.917. The van der Waals surface area contributed by atoms with Crippen LogP contribution in [-0.4, -0.2) is 36.2 Å². The molecule has 0 bridgehead atoms. The van der Waals surface area contributed by atoms with Crippen molar-refractivity contribution in [2.45, 2.75) is 45.6 Å². The molecule has 1 aliphatic heterocycles. The fourth-order valence-electron chi connectivity index (χ4n) is 1.91. The molecule has 0 radical (unpaired) electrons. The first-order valence-electron chi connectivity index (χ1n) is 6.10. The van der Waals surface area contributed by atoms with Crippen molar-refractivity contribution < 1.29 is 9.53 Å². The topological polar surface area (TPSA) is 55.6 Å². The zero-order valence-electron chi connectivity index (χ0n) is 11.1. The molecule has 102 valence electrons. The van der Waals surface area contributed by atoms with Crippen molar-refractivity contribution in [3.8, 4) is 0 Å². The fourth-order valence-corrected chi connectivity index (χ4v) is 1.91. The lowest BCUT2D eigenvalue weighted by Crippen LogP contribution is -2.37. The second-order valence-corrected chi connectivity index (χ2v) is 5.50. The van der Waals surface area contributed by atoms with E-state index in [1.165, 1.54) is 0 Å². The summed E-state index contributed by atoms with van der Waals surface area (Å²) in [5, 5.41) is 0. The molecule has 1 atom stereocenters. The Hall–Kier alpha value is -0.480. The Morgan fingerprint density at radius 3 is 2.53 bits per heavy atom. The molecule has 1 fully saturated rings. The Kier molecular flexibility index (Phi) is 6.87. The standard InChI is InChI=1S/C12H24N2O2.ClH/c1-12(2,3)16-11(15)14-7-4-5-10(9-13)6-8-14;/h10H,4-9,13H2,1-3H3;1H. The normalized spacial score (nSPS) is 21.4. The number of amides is 1. The molecule has 1 saturated heterocycles. The van der Waals surface area contributed by atoms with Crippen LogP contribution >= 0.6 is 12.4 Å². The minimum Gasteiger partial charge on any atom is -0.444 e. The van der Waals surface area contributed by atoms with Gasteiger partial charge in [0.1, 0.15) is 5.60 Å². The van der Waals surface area contributed by atoms with Crippen molar-refractivity contribution in [2.24, 2.45) is 11.7 Å². The molecule has 0 spiro atoms. The minimum absolute atomic E-state index is 0. The molecule has 0 saturated carbocycles. The van der Waals surface area contributed by atoms with E-state index in [-0.39, 0.29) is 18.5 Å². The van der Waals surface area contributed by atoms with Crippen molar-refractivity contribution in [1.29, 1.82) is 0 Å². The van der Waals surface area contributed by atoms with E-state index in [1.54, 1.807) is 4.90 Å². The summed E-state index contributed by atoms with van der Waals surface area (Å²) < 4.78 is 5.36. The van der Waals surface area contributed by atoms with Crippen LogP contribution in [0.3, 0.4) is 0 Å². The molecule has 0 aliphatic carbocycles. The predicted molar refractivity (Wildman–Crippen MR) is 71.5 cm³/mol. The average Bonchev–Trinajstić information content (AvgIpc) is 2.39. The molecule has 0 aromatic heterocycles. The SMILES string of the molecule is CC(C)(C)OC(=O)N1CCCC(CN)CC1.Cl. The molecule has 5 heteroatoms. The largest absolute Gasteiger partial charge is 0.444 e. The van der Waals surface area contributed by atoms with Gasteiger partial charge in [-0.1, -0.05) is 0 Å². The number of hydrogen-bond acceptors (Lipinski definition) is 3. The summed E-state index contributed by atoms with van der Waals surface area (Å²) in [5.41, 5.74) is 5.26. The summed E-state index contributed by atoms with van der Waals surface area (Å²) >= 11 is 0. The smallest absolute Gasteiger partial charge is 0.410 e. The number of likely N-dealkylation sites (tertiary alicyclic amines) is 1. The van der Waals surface area contributed by atoms with Gasteiger partial charge in [-0.25, -0.2) is 4.79 Å². The highest BCUT2D eigenvalue weighted by molar-refractivity contribution is 5.85. The number of rotatable bonds is 1. The van der Waals surface area contributed by atoms with Gasteiger partial charge in [-0.05, 0) is 52.5 Å². The summed E-state index contributed by atoms with van der Waals surface area (Å²) in [5.74, 6) is 0.562. The molecule has 1 rings (SSSR count). The Morgan fingerprint density at radius 2 is 2.00 bits per heavy atom. The number of nitrogens with two attached hydrogens (primary N) is 1. The van der Waals surface area contributed by atoms with Crippen molar-refractivity contribution in [1.82, 2.24) is 4.90 Å². The average molecular weight is 265 g/mol. The van der Waals surface area contributed by atoms with Crippen molar-refractivity contribution >= 4 is 18.5 Å². The van der Waals surface area contributed by atoms with E-state index in [0.29, 0.717) is 5.92 Å². The second-order valence-electron chi connectivity index (χ2n) is 5.50. The second kappa shape index (κ2) is 7.07. The maximum absolute atomic E-state index is 11.8. The molecule has 1 heterocycles. The van der Waals surface area contributed by atoms with Gasteiger partial charge in [-0.2, -0.15) is 0 Å². The Balaban J connectivity index is 0.00000256. The van der Waals surface area contributed by atoms with Crippen LogP contribution in [0.25, 0.3) is 0 Å². The van der Waals surface area contributed by atoms with E-state index in [9.17, 15) is 4.79 Å². The van der Waals surface area contributed by atoms with Crippen LogP contribution in [-0.2, 0) is 4.74 Å². The van der Waals surface area contributed by atoms with E-state index < -0.39 is 5.60 Å². The number of halogens is 1. The maximum atomic E-state index is 11.8. The van der Waals surface area contributed by atoms with Crippen molar-refractivity contribution in [3.05, 3.63) is 0 Å². The highest BCUT2D eigenvalue weighted by Crippen LogP contribution is 2.18. The molecule has 0 aromatic rings. The van der Waals surface area contributed by atoms with E-state index in [1.807, 2.05) is 20.8 Å². The minimum atomic E-state index is -0.406. The number of hydrogen-bond donors (Lipinski definition) is 1. The van der Waals surface area contributed by atoms with Gasteiger partial charge >= 0.3 is 6.09 Å². The third-order valence-corrected chi connectivity index (χ3v) is 2.83. The summed E-state index contributed by atoms with van der Waals surface area (Å²) in [6, 6.07) is 0. The van der Waals surface area contributed by atoms with E-state index in [2.05, 4.69) is 0 Å². The highest BCUT2D eigenvalue weighted by Gasteiger charge is 2.24. The lowest BCUT2D eigenvalue weighted by Gasteiger charge is -2.26. The molecular formula is C12H25ClN2O2. The van der Waals surface area contributed by atoms with Gasteiger partial charge in [0.25, 0.3) is 0 Å². The van der Waals surface area contributed by atoms with Crippen LogP contribution < -0.4 is 5.73 Å². The zero-order valence-corrected chi connectivity index (χ0v) is 11.9. The van der Waals surface area contributed by atoms with Crippen LogP contribution in [0.15, 0.2) is 0 Å². The van der Waals surface area contributed by atoms with Gasteiger partial charge in [0.2, 0.25) is 0 Å². The molecule has 17 heavy (non-hydrogen) atoms. The lowest BCUT2D eigenvalue weighted by atomic mass is 10.0. The Labute approximate surface area is 110 Å². The lowest BCUT2D eigenvalue weighted by molar-refractivity contribution is 0.0255. The summed E-state index contributed by atoms with van der Waals surface area (Å²) in [4.78, 5) is 13.6. The number of ether oxygens (including phenoxy) is 1. The summed E-state index contributed by atoms with van der Waals surface area (Å²) in [6.45, 7) is 7.98. The number of carbonyl (C=O) groups excluding carboxylic acids is 1. The third kappa shape index (κ3) is 6.13. The van der Waals surface area contributed by atoms with E-state index >= 15 is 0 Å². The van der Waals surface area contributed by atoms with Gasteiger partial charge in [-0.15, -0.1) is 12.4 Å². The van der Waals surface area contributed by atoms with E-state index in [0.717, 1.165) is 38.9 Å². The molecule has 1 unspecified atom stereocenters. The quantitative estimate of drug-likeness (QED) is 0.791. The van der Waals surface area contributed by atoms with Gasteiger partial charge < -0.3 is 15.4 Å². The first-order valence-corrected chi connectivity index (χ1v) is 6.10. The van der Waals surface area contributed by atoms with Crippen LogP contribution in [0.1, 0.15) is 40.0 Å². The molecule has 0 aromatic carbocycles. The zero-order chi connectivity index (χ0) is 12.2. The van der Waals surface area contributed by atoms with Crippen molar-refractivity contribution in [3.63, 3.8) is 0 Å². The molecular weight excluding hydrogens is 240 g/mol. The van der Waals surface area contributed by atoms with Crippen LogP contribution in [0.5, 0.6) is 0 Å². The van der Waals surface area contributed by atoms with Crippen LogP contribution in [0.2, 0.25) is 0 Å². The third-order valence-electron chi connectivity index (χ3n) is 2.83. The van der Waals surface area contributed by atoms with Crippen LogP contribution in [0.4, 0.5) is 4.79 Å². The van der Waals surface area contributed by atoms with E-state index in [4.69, 9.17) is 10.5 Å². The van der Waals surface area contributed by atoms with Gasteiger partial charge in [-0.3, -0.25) is 0 Å². The Morgan fingerprint density at radius 1 is 1.35 bits per heavy atom. The number of nitrogens with zero attached hydrogens (tertiary/aromatic N) is 1. The van der Waals surface area contributed by atoms with Gasteiger partial charge in [0.05, 0.1) is 0 Å². The maximum Gasteiger partial charge on any atom is 0.410 e. The molecule has 4 nitrogen and oxygen atoms in total. The highest BCUT2D eigenvalue weighted by atomic mass is 35.5. The predicted octanol–water partition coefficient (Wildman–Crippen LogP) is 2.40. The molecule has 2 N–H and O–H groups in total. The monoisotopic (exact) mass is 264 g/mol. The Bertz CT molecular complexity index is 241. The molecule has 1 aliphatic rings. The van der Waals surface area contributed by atoms with Gasteiger partial charge in [0.15, 0.2) is 0 Å². The summed E-state index contributed by atoms with van der Waals surface area (Å²) in [6.07, 6.45) is 2.96. The van der Waals surface area contributed by atoms with Gasteiger partial charge in [0, 0.05) is 13.1 Å².